The number of allylic oxidation sites excluding steroid dienone is 1. The van der Waals surface area contributed by atoms with Gasteiger partial charge in [0.05, 0.1) is 36.3 Å². The van der Waals surface area contributed by atoms with E-state index in [0.29, 0.717) is 28.9 Å². The van der Waals surface area contributed by atoms with Crippen LogP contribution in [-0.2, 0) is 4.79 Å². The van der Waals surface area contributed by atoms with Gasteiger partial charge in [0.1, 0.15) is 5.75 Å². The lowest BCUT2D eigenvalue weighted by molar-refractivity contribution is -0.129. The first-order chi connectivity index (χ1) is 16.0. The highest BCUT2D eigenvalue weighted by Gasteiger charge is 2.40. The summed E-state index contributed by atoms with van der Waals surface area (Å²) in [5, 5.41) is 13.7. The average Bonchev–Trinajstić information content (AvgIpc) is 2.84. The topological polar surface area (TPSA) is 56.6 Å². The van der Waals surface area contributed by atoms with Crippen molar-refractivity contribution in [1.82, 2.24) is 4.90 Å². The van der Waals surface area contributed by atoms with E-state index in [-0.39, 0.29) is 18.2 Å². The van der Waals surface area contributed by atoms with E-state index in [2.05, 4.69) is 11.0 Å². The van der Waals surface area contributed by atoms with Gasteiger partial charge in [-0.2, -0.15) is 5.26 Å². The molecule has 1 fully saturated rings. The second-order valence-electron chi connectivity index (χ2n) is 8.15. The molecule has 33 heavy (non-hydrogen) atoms. The Morgan fingerprint density at radius 2 is 1.97 bits per heavy atom. The predicted octanol–water partition coefficient (Wildman–Crippen LogP) is 6.03. The minimum atomic E-state index is -0.346. The first-order valence-corrected chi connectivity index (χ1v) is 12.0. The van der Waals surface area contributed by atoms with Gasteiger partial charge in [0.25, 0.3) is 0 Å². The van der Waals surface area contributed by atoms with Crippen molar-refractivity contribution in [3.63, 3.8) is 0 Å². The molecule has 0 aliphatic carbocycles. The molecule has 2 aliphatic rings. The lowest BCUT2D eigenvalue weighted by atomic mass is 9.83. The first-order valence-electron chi connectivity index (χ1n) is 10.7. The number of amides is 1. The molecule has 0 saturated carbocycles. The molecule has 3 aromatic rings. The fourth-order valence-corrected chi connectivity index (χ4v) is 6.04. The van der Waals surface area contributed by atoms with E-state index >= 15 is 0 Å². The van der Waals surface area contributed by atoms with Gasteiger partial charge in [0, 0.05) is 28.6 Å². The van der Waals surface area contributed by atoms with Crippen molar-refractivity contribution >= 4 is 45.7 Å². The highest BCUT2D eigenvalue weighted by molar-refractivity contribution is 8.03. The number of halogens is 1. The molecule has 5 rings (SSSR count). The Bertz CT molecular complexity index is 1350. The molecule has 2 aliphatic heterocycles. The molecule has 3 aromatic carbocycles. The summed E-state index contributed by atoms with van der Waals surface area (Å²) in [4.78, 5) is 17.3. The molecule has 0 aromatic heterocycles. The second-order valence-corrected chi connectivity index (χ2v) is 9.49. The lowest BCUT2D eigenvalue weighted by Crippen LogP contribution is -2.47. The van der Waals surface area contributed by atoms with Crippen LogP contribution in [0, 0.1) is 18.3 Å². The third kappa shape index (κ3) is 3.62. The van der Waals surface area contributed by atoms with Crippen LogP contribution in [-0.4, -0.2) is 30.5 Å². The zero-order valence-electron chi connectivity index (χ0n) is 18.3. The molecule has 0 bridgehead atoms. The molecule has 1 atom stereocenters. The summed E-state index contributed by atoms with van der Waals surface area (Å²) in [6, 6.07) is 20.2. The summed E-state index contributed by atoms with van der Waals surface area (Å²) in [6.07, 6.45) is 0.222. The van der Waals surface area contributed by atoms with Gasteiger partial charge in [-0.3, -0.25) is 9.69 Å². The van der Waals surface area contributed by atoms with Crippen molar-refractivity contribution in [2.24, 2.45) is 0 Å². The maximum Gasteiger partial charge on any atom is 0.229 e. The molecule has 2 heterocycles. The minimum Gasteiger partial charge on any atom is -0.496 e. The number of rotatable bonds is 3. The summed E-state index contributed by atoms with van der Waals surface area (Å²) in [6.45, 7) is 2.38. The number of methoxy groups -OCH3 is 1. The van der Waals surface area contributed by atoms with Gasteiger partial charge in [0.15, 0.2) is 0 Å². The zero-order chi connectivity index (χ0) is 23.1. The molecule has 0 unspecified atom stereocenters. The van der Waals surface area contributed by atoms with Gasteiger partial charge in [-0.05, 0) is 41.5 Å². The van der Waals surface area contributed by atoms with Crippen LogP contribution in [0.4, 0.5) is 5.69 Å². The average molecular weight is 476 g/mol. The number of benzene rings is 3. The first kappa shape index (κ1) is 21.7. The van der Waals surface area contributed by atoms with E-state index in [4.69, 9.17) is 16.3 Å². The lowest BCUT2D eigenvalue weighted by Gasteiger charge is -2.42. The molecular formula is C26H22ClN3O2S. The third-order valence-corrected chi connectivity index (χ3v) is 7.94. The summed E-state index contributed by atoms with van der Waals surface area (Å²) in [5.74, 6) is 0.984. The van der Waals surface area contributed by atoms with E-state index in [1.165, 1.54) is 11.8 Å². The van der Waals surface area contributed by atoms with E-state index in [1.54, 1.807) is 12.0 Å². The Labute approximate surface area is 202 Å². The van der Waals surface area contributed by atoms with E-state index in [1.807, 2.05) is 61.5 Å². The Kier molecular flexibility index (Phi) is 5.69. The van der Waals surface area contributed by atoms with Crippen molar-refractivity contribution in [2.75, 3.05) is 24.6 Å². The number of hydrogen-bond acceptors (Lipinski definition) is 5. The summed E-state index contributed by atoms with van der Waals surface area (Å²) >= 11 is 7.85. The molecule has 5 nitrogen and oxygen atoms in total. The standard InChI is InChI=1S/C26H22ClN3O2S/c1-16-21(27)8-5-9-22(16)29-14-30-24(31)12-19(20(13-28)26(30)33-15-29)25-18-7-4-3-6-17(18)10-11-23(25)32-2/h3-11,19H,12,14-15H2,1-2H3/t19-/m0/s1. The number of carbonyl (C=O) groups is 1. The fraction of sp³-hybridized carbons (Fsp3) is 0.231. The number of nitrogens with zero attached hydrogens (tertiary/aromatic N) is 3. The summed E-state index contributed by atoms with van der Waals surface area (Å²) < 4.78 is 5.69. The highest BCUT2D eigenvalue weighted by Crippen LogP contribution is 2.47. The maximum absolute atomic E-state index is 13.4. The largest absolute Gasteiger partial charge is 0.496 e. The molecular weight excluding hydrogens is 454 g/mol. The summed E-state index contributed by atoms with van der Waals surface area (Å²) in [5.41, 5.74) is 3.51. The van der Waals surface area contributed by atoms with Crippen LogP contribution in [0.15, 0.2) is 65.2 Å². The van der Waals surface area contributed by atoms with E-state index < -0.39 is 0 Å². The molecule has 0 N–H and O–H groups in total. The number of fused-ring (bicyclic) bond motifs is 2. The Balaban J connectivity index is 1.58. The normalized spacial score (nSPS) is 18.4. The van der Waals surface area contributed by atoms with Crippen LogP contribution in [0.3, 0.4) is 0 Å². The number of hydrogen-bond donors (Lipinski definition) is 0. The smallest absolute Gasteiger partial charge is 0.229 e. The van der Waals surface area contributed by atoms with Crippen LogP contribution in [0.5, 0.6) is 5.75 Å². The van der Waals surface area contributed by atoms with Crippen molar-refractivity contribution in [3.05, 3.63) is 81.3 Å². The van der Waals surface area contributed by atoms with Crippen LogP contribution < -0.4 is 9.64 Å². The van der Waals surface area contributed by atoms with Crippen LogP contribution in [0.25, 0.3) is 10.8 Å². The molecule has 0 radical (unpaired) electrons. The highest BCUT2D eigenvalue weighted by atomic mass is 35.5. The molecule has 7 heteroatoms. The van der Waals surface area contributed by atoms with Gasteiger partial charge in [-0.1, -0.05) is 59.8 Å². The number of nitriles is 1. The fourth-order valence-electron chi connectivity index (χ4n) is 4.71. The Morgan fingerprint density at radius 1 is 1.15 bits per heavy atom. The number of thioether (sulfide) groups is 1. The predicted molar refractivity (Wildman–Crippen MR) is 133 cm³/mol. The van der Waals surface area contributed by atoms with Gasteiger partial charge >= 0.3 is 0 Å². The summed E-state index contributed by atoms with van der Waals surface area (Å²) in [7, 11) is 1.63. The Hall–Kier alpha value is -3.14. The Morgan fingerprint density at radius 3 is 2.76 bits per heavy atom. The van der Waals surface area contributed by atoms with Crippen LogP contribution in [0.2, 0.25) is 5.02 Å². The van der Waals surface area contributed by atoms with E-state index in [9.17, 15) is 10.1 Å². The van der Waals surface area contributed by atoms with Gasteiger partial charge in [-0.25, -0.2) is 0 Å². The van der Waals surface area contributed by atoms with Crippen molar-refractivity contribution < 1.29 is 9.53 Å². The molecule has 1 saturated heterocycles. The monoisotopic (exact) mass is 475 g/mol. The van der Waals surface area contributed by atoms with Gasteiger partial charge in [-0.15, -0.1) is 0 Å². The number of ether oxygens (including phenoxy) is 1. The van der Waals surface area contributed by atoms with Crippen molar-refractivity contribution in [3.8, 4) is 11.8 Å². The molecule has 1 amide bonds. The van der Waals surface area contributed by atoms with Gasteiger partial charge in [0.2, 0.25) is 5.91 Å². The number of carbonyl (C=O) groups excluding carboxylic acids is 1. The molecule has 0 spiro atoms. The number of anilines is 1. The van der Waals surface area contributed by atoms with Gasteiger partial charge < -0.3 is 9.64 Å². The zero-order valence-corrected chi connectivity index (χ0v) is 19.9. The second kappa shape index (κ2) is 8.66. The van der Waals surface area contributed by atoms with E-state index in [0.717, 1.165) is 32.6 Å². The quantitative estimate of drug-likeness (QED) is 0.463. The maximum atomic E-state index is 13.4. The van der Waals surface area contributed by atoms with Crippen LogP contribution in [0.1, 0.15) is 23.5 Å². The minimum absolute atomic E-state index is 0.000804. The van der Waals surface area contributed by atoms with Crippen LogP contribution >= 0.6 is 23.4 Å². The SMILES string of the molecule is COc1ccc2ccccc2c1[C@H]1CC(=O)N2CN(c3cccc(Cl)c3C)CSC2=C1C#N. The van der Waals surface area contributed by atoms with Crippen molar-refractivity contribution in [2.45, 2.75) is 19.3 Å². The third-order valence-electron chi connectivity index (χ3n) is 6.37. The molecule has 166 valence electrons. The van der Waals surface area contributed by atoms with Crippen molar-refractivity contribution in [1.29, 1.82) is 5.26 Å².